The summed E-state index contributed by atoms with van der Waals surface area (Å²) in [6.45, 7) is 3.43. The Morgan fingerprint density at radius 1 is 1.79 bits per heavy atom. The Bertz CT molecular complexity index is 321. The number of imidazole rings is 1. The van der Waals surface area contributed by atoms with Crippen LogP contribution in [0.4, 0.5) is 5.82 Å². The highest BCUT2D eigenvalue weighted by molar-refractivity contribution is 5.18. The van der Waals surface area contributed by atoms with E-state index in [-0.39, 0.29) is 17.8 Å². The van der Waals surface area contributed by atoms with Crippen LogP contribution in [0.2, 0.25) is 0 Å². The van der Waals surface area contributed by atoms with Crippen LogP contribution in [-0.2, 0) is 6.54 Å². The molecule has 1 rings (SSSR count). The van der Waals surface area contributed by atoms with Gasteiger partial charge in [0.25, 0.3) is 0 Å². The summed E-state index contributed by atoms with van der Waals surface area (Å²) < 4.78 is 1.38. The molecule has 0 saturated carbocycles. The van der Waals surface area contributed by atoms with E-state index in [0.717, 1.165) is 0 Å². The third-order valence-corrected chi connectivity index (χ3v) is 1.67. The molecular formula is C7H13N3O4. The molecule has 0 spiro atoms. The molecule has 0 aromatic carbocycles. The third-order valence-electron chi connectivity index (χ3n) is 1.67. The van der Waals surface area contributed by atoms with E-state index in [1.54, 1.807) is 13.8 Å². The van der Waals surface area contributed by atoms with Crippen molar-refractivity contribution in [2.75, 3.05) is 0 Å². The lowest BCUT2D eigenvalue weighted by atomic mass is 10.4. The van der Waals surface area contributed by atoms with Crippen molar-refractivity contribution in [1.82, 2.24) is 9.55 Å². The summed E-state index contributed by atoms with van der Waals surface area (Å²) in [5, 5.41) is 19.6. The number of aliphatic hydroxyl groups excluding tert-OH is 1. The number of hydrogen-bond donors (Lipinski definition) is 1. The predicted octanol–water partition coefficient (Wildman–Crippen LogP) is -0.344. The van der Waals surface area contributed by atoms with Crippen LogP contribution in [0, 0.1) is 17.0 Å². The molecule has 0 fully saturated rings. The van der Waals surface area contributed by atoms with E-state index in [9.17, 15) is 10.1 Å². The van der Waals surface area contributed by atoms with Gasteiger partial charge < -0.3 is 20.7 Å². The van der Waals surface area contributed by atoms with Crippen LogP contribution < -0.4 is 0 Å². The maximum absolute atomic E-state index is 10.5. The van der Waals surface area contributed by atoms with Gasteiger partial charge in [0.05, 0.1) is 6.10 Å². The summed E-state index contributed by atoms with van der Waals surface area (Å²) in [4.78, 5) is 13.8. The maximum atomic E-state index is 10.5. The van der Waals surface area contributed by atoms with Crippen LogP contribution >= 0.6 is 0 Å². The Morgan fingerprint density at radius 2 is 2.36 bits per heavy atom. The zero-order valence-electron chi connectivity index (χ0n) is 7.97. The SMILES string of the molecule is Cc1ncc([N+](=O)[O-])n1C[C@@H](C)O.O. The first-order chi connectivity index (χ1) is 6.02. The highest BCUT2D eigenvalue weighted by Gasteiger charge is 2.18. The van der Waals surface area contributed by atoms with Gasteiger partial charge in [-0.3, -0.25) is 0 Å². The van der Waals surface area contributed by atoms with Gasteiger partial charge in [-0.1, -0.05) is 0 Å². The molecule has 0 saturated heterocycles. The largest absolute Gasteiger partial charge is 0.412 e. The molecule has 1 aromatic heterocycles. The number of aromatic nitrogens is 2. The lowest BCUT2D eigenvalue weighted by molar-refractivity contribution is -0.392. The van der Waals surface area contributed by atoms with Crippen molar-refractivity contribution in [2.24, 2.45) is 0 Å². The van der Waals surface area contributed by atoms with Crippen LogP contribution in [-0.4, -0.2) is 31.2 Å². The van der Waals surface area contributed by atoms with Crippen molar-refractivity contribution in [3.05, 3.63) is 22.1 Å². The number of hydrogen-bond acceptors (Lipinski definition) is 4. The smallest absolute Gasteiger partial charge is 0.342 e. The number of aryl methyl sites for hydroxylation is 1. The molecule has 14 heavy (non-hydrogen) atoms. The van der Waals surface area contributed by atoms with Gasteiger partial charge in [-0.05, 0) is 11.8 Å². The quantitative estimate of drug-likeness (QED) is 0.534. The Labute approximate surface area is 80.5 Å². The molecule has 7 heteroatoms. The second-order valence-electron chi connectivity index (χ2n) is 2.88. The average Bonchev–Trinajstić information content (AvgIpc) is 2.32. The van der Waals surface area contributed by atoms with E-state index >= 15 is 0 Å². The van der Waals surface area contributed by atoms with Crippen molar-refractivity contribution in [2.45, 2.75) is 26.5 Å². The minimum atomic E-state index is -0.619. The second-order valence-corrected chi connectivity index (χ2v) is 2.88. The maximum Gasteiger partial charge on any atom is 0.342 e. The zero-order valence-corrected chi connectivity index (χ0v) is 7.97. The molecule has 7 nitrogen and oxygen atoms in total. The van der Waals surface area contributed by atoms with Crippen molar-refractivity contribution < 1.29 is 15.5 Å². The van der Waals surface area contributed by atoms with Gasteiger partial charge in [0.1, 0.15) is 12.7 Å². The van der Waals surface area contributed by atoms with E-state index in [1.807, 2.05) is 0 Å². The third kappa shape index (κ3) is 2.51. The summed E-state index contributed by atoms with van der Waals surface area (Å²) in [5.41, 5.74) is 0. The van der Waals surface area contributed by atoms with Gasteiger partial charge in [-0.25, -0.2) is 9.55 Å². The highest BCUT2D eigenvalue weighted by atomic mass is 16.6. The Morgan fingerprint density at radius 3 is 2.79 bits per heavy atom. The van der Waals surface area contributed by atoms with Gasteiger partial charge in [0, 0.05) is 6.92 Å². The van der Waals surface area contributed by atoms with E-state index in [1.165, 1.54) is 10.8 Å². The lowest BCUT2D eigenvalue weighted by Gasteiger charge is -2.04. The van der Waals surface area contributed by atoms with Crippen LogP contribution in [0.1, 0.15) is 12.7 Å². The normalized spacial score (nSPS) is 11.9. The van der Waals surface area contributed by atoms with Gasteiger partial charge >= 0.3 is 5.82 Å². The van der Waals surface area contributed by atoms with Gasteiger partial charge in [0.2, 0.25) is 0 Å². The van der Waals surface area contributed by atoms with Crippen LogP contribution in [0.15, 0.2) is 6.20 Å². The first-order valence-corrected chi connectivity index (χ1v) is 3.87. The molecule has 0 radical (unpaired) electrons. The van der Waals surface area contributed by atoms with Gasteiger partial charge in [0.15, 0.2) is 5.82 Å². The monoisotopic (exact) mass is 203 g/mol. The summed E-state index contributed by atoms with van der Waals surface area (Å²) in [7, 11) is 0. The summed E-state index contributed by atoms with van der Waals surface area (Å²) in [6.07, 6.45) is 0.573. The molecular weight excluding hydrogens is 190 g/mol. The zero-order chi connectivity index (χ0) is 10.0. The van der Waals surface area contributed by atoms with Gasteiger partial charge in [-0.15, -0.1) is 0 Å². The van der Waals surface area contributed by atoms with Crippen LogP contribution in [0.3, 0.4) is 0 Å². The predicted molar refractivity (Wildman–Crippen MR) is 48.9 cm³/mol. The number of nitrogens with zero attached hydrogens (tertiary/aromatic N) is 3. The van der Waals surface area contributed by atoms with Crippen LogP contribution in [0.25, 0.3) is 0 Å². The van der Waals surface area contributed by atoms with E-state index in [4.69, 9.17) is 5.11 Å². The average molecular weight is 203 g/mol. The molecule has 0 unspecified atom stereocenters. The minimum absolute atomic E-state index is 0. The number of rotatable bonds is 3. The van der Waals surface area contributed by atoms with E-state index < -0.39 is 11.0 Å². The standard InChI is InChI=1S/C7H11N3O3.H2O/c1-5(11)4-9-6(2)8-3-7(9)10(12)13;/h3,5,11H,4H2,1-2H3;1H2/t5-;/m1./s1. The highest BCUT2D eigenvalue weighted by Crippen LogP contribution is 2.13. The van der Waals surface area contributed by atoms with E-state index in [0.29, 0.717) is 5.82 Å². The fourth-order valence-electron chi connectivity index (χ4n) is 1.09. The fourth-order valence-corrected chi connectivity index (χ4v) is 1.09. The van der Waals surface area contributed by atoms with Crippen molar-refractivity contribution in [3.8, 4) is 0 Å². The van der Waals surface area contributed by atoms with Crippen LogP contribution in [0.5, 0.6) is 0 Å². The molecule has 1 heterocycles. The fraction of sp³-hybridized carbons (Fsp3) is 0.571. The molecule has 0 aliphatic carbocycles. The molecule has 0 aliphatic heterocycles. The summed E-state index contributed by atoms with van der Waals surface area (Å²) in [5.74, 6) is 0.450. The number of aliphatic hydroxyl groups is 1. The summed E-state index contributed by atoms with van der Waals surface area (Å²) >= 11 is 0. The molecule has 0 amide bonds. The topological polar surface area (TPSA) is 113 Å². The van der Waals surface area contributed by atoms with Crippen molar-refractivity contribution in [3.63, 3.8) is 0 Å². The summed E-state index contributed by atoms with van der Waals surface area (Å²) in [6, 6.07) is 0. The number of nitro groups is 1. The molecule has 80 valence electrons. The van der Waals surface area contributed by atoms with Gasteiger partial charge in [-0.2, -0.15) is 0 Å². The molecule has 0 bridgehead atoms. The first-order valence-electron chi connectivity index (χ1n) is 3.87. The van der Waals surface area contributed by atoms with Crippen molar-refractivity contribution in [1.29, 1.82) is 0 Å². The second kappa shape index (κ2) is 4.68. The molecule has 1 atom stereocenters. The molecule has 0 aliphatic rings. The van der Waals surface area contributed by atoms with E-state index in [2.05, 4.69) is 4.98 Å². The molecule has 1 aromatic rings. The Kier molecular flexibility index (Phi) is 4.19. The molecule has 3 N–H and O–H groups in total. The Hall–Kier alpha value is -1.47. The Balaban J connectivity index is 0.00000169. The minimum Gasteiger partial charge on any atom is -0.412 e. The first kappa shape index (κ1) is 12.5. The lowest BCUT2D eigenvalue weighted by Crippen LogP contribution is -2.14. The van der Waals surface area contributed by atoms with Crippen molar-refractivity contribution >= 4 is 5.82 Å².